The number of nitrogens with zero attached hydrogens (tertiary/aromatic N) is 2. The number of H-pyrrole nitrogens is 1. The van der Waals surface area contributed by atoms with Crippen LogP contribution in [0.2, 0.25) is 0 Å². The van der Waals surface area contributed by atoms with Gasteiger partial charge in [0.05, 0.1) is 11.1 Å². The average Bonchev–Trinajstić information content (AvgIpc) is 3.36. The number of likely N-dealkylation sites (N-methyl/N-ethyl adjacent to an activating group) is 1. The second-order valence-corrected chi connectivity index (χ2v) is 8.80. The van der Waals surface area contributed by atoms with Crippen LogP contribution in [-0.2, 0) is 20.8 Å². The maximum absolute atomic E-state index is 13.7. The molecule has 0 atom stereocenters. The number of benzene rings is 1. The molecule has 2 aliphatic heterocycles. The van der Waals surface area contributed by atoms with Crippen molar-refractivity contribution in [2.75, 3.05) is 38.0 Å². The summed E-state index contributed by atoms with van der Waals surface area (Å²) in [5.41, 5.74) is 4.69. The number of rotatable bonds is 8. The Morgan fingerprint density at radius 1 is 1.13 bits per heavy atom. The number of hydrogen-bond acceptors (Lipinski definition) is 5. The minimum absolute atomic E-state index is 0.0316. The molecular weight excluding hydrogens is 495 g/mol. The number of fused-ring (bicyclic) bond motifs is 2. The predicted molar refractivity (Wildman–Crippen MR) is 140 cm³/mol. The third-order valence-electron chi connectivity index (χ3n) is 6.50. The number of nitrogens with one attached hydrogen (secondary N) is 2. The standard InChI is InChI=1S/C23H27FN4O2.C4H4O4/c1-4-27(5-2)10-11-28-9-8-19-21(23(28)30)14(3)20(25-19)13-17-16-12-15(24)6-7-18(16)26-22(17)29;5-3(6)1-2-4(7)8/h6-7,12-13,25H,4-5,8-11H2,1-3H3,(H,26,29);1-2H,(H,5,6)(H,7,8). The number of carbonyl (C=O) groups is 4. The van der Waals surface area contributed by atoms with Crippen molar-refractivity contribution in [3.63, 3.8) is 0 Å². The smallest absolute Gasteiger partial charge is 0.328 e. The molecule has 3 heterocycles. The Labute approximate surface area is 219 Å². The molecule has 1 aromatic heterocycles. The fourth-order valence-electron chi connectivity index (χ4n) is 4.41. The van der Waals surface area contributed by atoms with E-state index in [4.69, 9.17) is 10.2 Å². The number of amides is 2. The number of halogens is 1. The van der Waals surface area contributed by atoms with E-state index in [1.54, 1.807) is 12.1 Å². The van der Waals surface area contributed by atoms with E-state index in [-0.39, 0.29) is 11.8 Å². The maximum atomic E-state index is 13.7. The van der Waals surface area contributed by atoms with Crippen LogP contribution in [0, 0.1) is 12.7 Å². The highest BCUT2D eigenvalue weighted by Gasteiger charge is 2.30. The number of hydrogen-bond donors (Lipinski definition) is 4. The van der Waals surface area contributed by atoms with Gasteiger partial charge >= 0.3 is 11.9 Å². The molecule has 2 aliphatic rings. The van der Waals surface area contributed by atoms with E-state index in [2.05, 4.69) is 29.0 Å². The first-order chi connectivity index (χ1) is 18.0. The highest BCUT2D eigenvalue weighted by molar-refractivity contribution is 6.34. The molecule has 0 aliphatic carbocycles. The van der Waals surface area contributed by atoms with Crippen molar-refractivity contribution in [3.05, 3.63) is 64.2 Å². The Balaban J connectivity index is 0.000000436. The van der Waals surface area contributed by atoms with Gasteiger partial charge in [-0.05, 0) is 49.9 Å². The molecule has 0 spiro atoms. The maximum Gasteiger partial charge on any atom is 0.328 e. The number of carboxylic acid groups (broad SMARTS) is 2. The van der Waals surface area contributed by atoms with E-state index in [9.17, 15) is 23.6 Å². The molecule has 0 saturated heterocycles. The van der Waals surface area contributed by atoms with Crippen LogP contribution in [0.15, 0.2) is 30.4 Å². The molecule has 11 heteroatoms. The van der Waals surface area contributed by atoms with Crippen LogP contribution in [0.4, 0.5) is 10.1 Å². The first kappa shape index (κ1) is 28.3. The van der Waals surface area contributed by atoms with Crippen molar-refractivity contribution in [1.82, 2.24) is 14.8 Å². The van der Waals surface area contributed by atoms with Gasteiger partial charge in [0.1, 0.15) is 5.82 Å². The van der Waals surface area contributed by atoms with Crippen LogP contribution in [0.3, 0.4) is 0 Å². The molecule has 1 aromatic carbocycles. The van der Waals surface area contributed by atoms with Gasteiger partial charge in [0, 0.05) is 60.8 Å². The predicted octanol–water partition coefficient (Wildman–Crippen LogP) is 3.01. The Kier molecular flexibility index (Phi) is 9.19. The van der Waals surface area contributed by atoms with Crippen molar-refractivity contribution < 1.29 is 33.8 Å². The molecule has 0 fully saturated rings. The lowest BCUT2D eigenvalue weighted by Crippen LogP contribution is -2.42. The van der Waals surface area contributed by atoms with Crippen molar-refractivity contribution in [2.24, 2.45) is 0 Å². The van der Waals surface area contributed by atoms with Crippen molar-refractivity contribution in [3.8, 4) is 0 Å². The summed E-state index contributed by atoms with van der Waals surface area (Å²) in [6.07, 6.45) is 3.59. The van der Waals surface area contributed by atoms with Crippen LogP contribution < -0.4 is 5.32 Å². The molecule has 2 amide bonds. The molecule has 10 nitrogen and oxygen atoms in total. The summed E-state index contributed by atoms with van der Waals surface area (Å²) < 4.78 is 13.7. The molecule has 0 saturated carbocycles. The minimum atomic E-state index is -1.26. The van der Waals surface area contributed by atoms with E-state index in [0.29, 0.717) is 47.6 Å². The monoisotopic (exact) mass is 526 g/mol. The number of anilines is 1. The first-order valence-electron chi connectivity index (χ1n) is 12.3. The van der Waals surface area contributed by atoms with E-state index in [0.717, 1.165) is 43.0 Å². The van der Waals surface area contributed by atoms with E-state index in [1.165, 1.54) is 12.1 Å². The van der Waals surface area contributed by atoms with Gasteiger partial charge in [0.15, 0.2) is 0 Å². The molecule has 0 unspecified atom stereocenters. The van der Waals surface area contributed by atoms with Gasteiger partial charge in [-0.2, -0.15) is 0 Å². The van der Waals surface area contributed by atoms with Crippen LogP contribution in [0.5, 0.6) is 0 Å². The second kappa shape index (κ2) is 12.3. The largest absolute Gasteiger partial charge is 0.478 e. The zero-order chi connectivity index (χ0) is 28.0. The number of aliphatic carboxylic acids is 2. The summed E-state index contributed by atoms with van der Waals surface area (Å²) in [6.45, 7) is 10.3. The second-order valence-electron chi connectivity index (χ2n) is 8.80. The Morgan fingerprint density at radius 2 is 1.79 bits per heavy atom. The topological polar surface area (TPSA) is 143 Å². The number of aromatic amines is 1. The lowest BCUT2D eigenvalue weighted by atomic mass is 10.0. The highest BCUT2D eigenvalue weighted by Crippen LogP contribution is 2.35. The molecule has 202 valence electrons. The van der Waals surface area contributed by atoms with Crippen molar-refractivity contribution in [2.45, 2.75) is 27.2 Å². The molecule has 2 aromatic rings. The van der Waals surface area contributed by atoms with Gasteiger partial charge in [0.2, 0.25) is 0 Å². The zero-order valence-corrected chi connectivity index (χ0v) is 21.5. The Hall–Kier alpha value is -4.25. The molecule has 4 N–H and O–H groups in total. The number of aromatic nitrogens is 1. The van der Waals surface area contributed by atoms with Gasteiger partial charge < -0.3 is 30.3 Å². The zero-order valence-electron chi connectivity index (χ0n) is 21.5. The van der Waals surface area contributed by atoms with Crippen LogP contribution in [0.1, 0.15) is 46.7 Å². The van der Waals surface area contributed by atoms with Gasteiger partial charge in [-0.3, -0.25) is 9.59 Å². The Bertz CT molecular complexity index is 1290. The third-order valence-corrected chi connectivity index (χ3v) is 6.50. The summed E-state index contributed by atoms with van der Waals surface area (Å²) >= 11 is 0. The van der Waals surface area contributed by atoms with Gasteiger partial charge in [-0.1, -0.05) is 13.8 Å². The number of carbonyl (C=O) groups excluding carboxylic acids is 2. The molecule has 0 radical (unpaired) electrons. The lowest BCUT2D eigenvalue weighted by Gasteiger charge is -2.29. The fourth-order valence-corrected chi connectivity index (χ4v) is 4.41. The fraction of sp³-hybridized carbons (Fsp3) is 0.333. The normalized spacial score (nSPS) is 15.4. The van der Waals surface area contributed by atoms with E-state index < -0.39 is 17.8 Å². The van der Waals surface area contributed by atoms with Gasteiger partial charge in [-0.15, -0.1) is 0 Å². The molecule has 38 heavy (non-hydrogen) atoms. The van der Waals surface area contributed by atoms with Crippen LogP contribution in [-0.4, -0.2) is 81.5 Å². The minimum Gasteiger partial charge on any atom is -0.478 e. The summed E-state index contributed by atoms with van der Waals surface area (Å²) in [5.74, 6) is -3.14. The quantitative estimate of drug-likeness (QED) is 0.387. The van der Waals surface area contributed by atoms with E-state index >= 15 is 0 Å². The summed E-state index contributed by atoms with van der Waals surface area (Å²) in [4.78, 5) is 52.2. The van der Waals surface area contributed by atoms with Gasteiger partial charge in [-0.25, -0.2) is 14.0 Å². The Morgan fingerprint density at radius 3 is 2.39 bits per heavy atom. The van der Waals surface area contributed by atoms with Crippen LogP contribution in [0.25, 0.3) is 11.6 Å². The highest BCUT2D eigenvalue weighted by atomic mass is 19.1. The molecule has 0 bridgehead atoms. The summed E-state index contributed by atoms with van der Waals surface area (Å²) in [5, 5.41) is 18.4. The van der Waals surface area contributed by atoms with Crippen LogP contribution >= 0.6 is 0 Å². The van der Waals surface area contributed by atoms with Gasteiger partial charge in [0.25, 0.3) is 11.8 Å². The average molecular weight is 527 g/mol. The number of carboxylic acids is 2. The van der Waals surface area contributed by atoms with E-state index in [1.807, 2.05) is 11.8 Å². The third kappa shape index (κ3) is 6.54. The summed E-state index contributed by atoms with van der Waals surface area (Å²) in [6, 6.07) is 4.25. The first-order valence-corrected chi connectivity index (χ1v) is 12.3. The molecule has 4 rings (SSSR count). The van der Waals surface area contributed by atoms with Crippen molar-refractivity contribution >= 4 is 41.1 Å². The summed E-state index contributed by atoms with van der Waals surface area (Å²) in [7, 11) is 0. The molecular formula is C27H31FN4O6. The van der Waals surface area contributed by atoms with Crippen molar-refractivity contribution in [1.29, 1.82) is 0 Å². The SMILES string of the molecule is CCN(CC)CCN1CCc2[nH]c(C=C3C(=O)Nc4ccc(F)cc43)c(C)c2C1=O.O=C(O)C=CC(=O)O. The lowest BCUT2D eigenvalue weighted by molar-refractivity contribution is -0.134.